The van der Waals surface area contributed by atoms with Crippen LogP contribution in [0.1, 0.15) is 42.9 Å². The minimum atomic E-state index is -0.392. The van der Waals surface area contributed by atoms with Crippen LogP contribution in [0.15, 0.2) is 18.5 Å². The zero-order chi connectivity index (χ0) is 8.55. The third-order valence-corrected chi connectivity index (χ3v) is 2.31. The lowest BCUT2D eigenvalue weighted by Crippen LogP contribution is -1.93. The Balaban J connectivity index is 2.26. The number of nitrogens with zero attached hydrogens (tertiary/aromatic N) is 1. The topological polar surface area (TPSA) is 33.1 Å². The molecule has 0 radical (unpaired) electrons. The Morgan fingerprint density at radius 2 is 2.25 bits per heavy atom. The lowest BCUT2D eigenvalue weighted by Gasteiger charge is -2.05. The van der Waals surface area contributed by atoms with Crippen molar-refractivity contribution in [3.8, 4) is 0 Å². The maximum Gasteiger partial charge on any atom is 0.0776 e. The maximum absolute atomic E-state index is 9.31. The van der Waals surface area contributed by atoms with Gasteiger partial charge in [-0.2, -0.15) is 0 Å². The van der Waals surface area contributed by atoms with Crippen molar-refractivity contribution in [2.75, 3.05) is 0 Å². The first-order valence-corrected chi connectivity index (χ1v) is 4.40. The number of pyridine rings is 1. The van der Waals surface area contributed by atoms with Gasteiger partial charge in [0.15, 0.2) is 0 Å². The first-order valence-electron chi connectivity index (χ1n) is 4.40. The second-order valence-corrected chi connectivity index (χ2v) is 3.50. The highest BCUT2D eigenvalue weighted by molar-refractivity contribution is 5.25. The van der Waals surface area contributed by atoms with Crippen molar-refractivity contribution in [1.29, 1.82) is 0 Å². The lowest BCUT2D eigenvalue weighted by atomic mass is 10.1. The van der Waals surface area contributed by atoms with E-state index in [1.807, 2.05) is 6.20 Å². The summed E-state index contributed by atoms with van der Waals surface area (Å²) in [6.45, 7) is 1.77. The largest absolute Gasteiger partial charge is 0.389 e. The third-order valence-electron chi connectivity index (χ3n) is 2.31. The molecule has 0 spiro atoms. The van der Waals surface area contributed by atoms with Crippen LogP contribution < -0.4 is 0 Å². The molecule has 12 heavy (non-hydrogen) atoms. The molecule has 1 aliphatic rings. The first kappa shape index (κ1) is 7.74. The summed E-state index contributed by atoms with van der Waals surface area (Å²) >= 11 is 0. The fourth-order valence-corrected chi connectivity index (χ4v) is 1.34. The number of rotatable bonds is 2. The molecule has 0 saturated heterocycles. The molecule has 0 aliphatic heterocycles. The summed E-state index contributed by atoms with van der Waals surface area (Å²) in [5, 5.41) is 9.31. The van der Waals surface area contributed by atoms with Crippen LogP contribution >= 0.6 is 0 Å². The van der Waals surface area contributed by atoms with Crippen LogP contribution in [0.2, 0.25) is 0 Å². The average Bonchev–Trinajstić information content (AvgIpc) is 2.87. The average molecular weight is 163 g/mol. The van der Waals surface area contributed by atoms with Gasteiger partial charge in [-0.05, 0) is 42.9 Å². The van der Waals surface area contributed by atoms with Gasteiger partial charge in [0.25, 0.3) is 0 Å². The standard InChI is InChI=1S/C10H13NO/c1-7(12)9-4-10(6-11-5-9)8-2-3-8/h4-8,12H,2-3H2,1H3. The highest BCUT2D eigenvalue weighted by Crippen LogP contribution is 2.40. The van der Waals surface area contributed by atoms with E-state index in [1.165, 1.54) is 18.4 Å². The predicted molar refractivity (Wildman–Crippen MR) is 46.8 cm³/mol. The summed E-state index contributed by atoms with van der Waals surface area (Å²) in [7, 11) is 0. The van der Waals surface area contributed by atoms with Crippen LogP contribution in [0.4, 0.5) is 0 Å². The van der Waals surface area contributed by atoms with Crippen LogP contribution in [0.3, 0.4) is 0 Å². The van der Waals surface area contributed by atoms with Gasteiger partial charge in [-0.3, -0.25) is 4.98 Å². The van der Waals surface area contributed by atoms with Gasteiger partial charge in [-0.1, -0.05) is 0 Å². The molecule has 1 aromatic heterocycles. The van der Waals surface area contributed by atoms with Crippen molar-refractivity contribution < 1.29 is 5.11 Å². The number of hydrogen-bond acceptors (Lipinski definition) is 2. The van der Waals surface area contributed by atoms with Crippen LogP contribution in [-0.4, -0.2) is 10.1 Å². The molecular formula is C10H13NO. The van der Waals surface area contributed by atoms with Gasteiger partial charge >= 0.3 is 0 Å². The van der Waals surface area contributed by atoms with Crippen molar-refractivity contribution in [2.24, 2.45) is 0 Å². The Bertz CT molecular complexity index is 262. The number of aromatic nitrogens is 1. The Morgan fingerprint density at radius 1 is 1.50 bits per heavy atom. The number of hydrogen-bond donors (Lipinski definition) is 1. The molecule has 1 aliphatic carbocycles. The Kier molecular flexibility index (Phi) is 1.85. The summed E-state index contributed by atoms with van der Waals surface area (Å²) < 4.78 is 0. The van der Waals surface area contributed by atoms with Crippen molar-refractivity contribution in [2.45, 2.75) is 31.8 Å². The highest BCUT2D eigenvalue weighted by atomic mass is 16.3. The van der Waals surface area contributed by atoms with Crippen LogP contribution in [-0.2, 0) is 0 Å². The molecule has 1 aromatic rings. The number of aliphatic hydroxyl groups is 1. The quantitative estimate of drug-likeness (QED) is 0.723. The van der Waals surface area contributed by atoms with E-state index >= 15 is 0 Å². The molecule has 1 heterocycles. The van der Waals surface area contributed by atoms with E-state index in [4.69, 9.17) is 0 Å². The molecular weight excluding hydrogens is 150 g/mol. The minimum Gasteiger partial charge on any atom is -0.389 e. The summed E-state index contributed by atoms with van der Waals surface area (Å²) in [5.74, 6) is 0.719. The van der Waals surface area contributed by atoms with Crippen molar-refractivity contribution >= 4 is 0 Å². The molecule has 2 nitrogen and oxygen atoms in total. The van der Waals surface area contributed by atoms with Crippen LogP contribution in [0.25, 0.3) is 0 Å². The van der Waals surface area contributed by atoms with Crippen molar-refractivity contribution in [3.63, 3.8) is 0 Å². The summed E-state index contributed by atoms with van der Waals surface area (Å²) in [6, 6.07) is 2.06. The summed E-state index contributed by atoms with van der Waals surface area (Å²) in [5.41, 5.74) is 2.22. The fourth-order valence-electron chi connectivity index (χ4n) is 1.34. The zero-order valence-electron chi connectivity index (χ0n) is 7.20. The Labute approximate surface area is 72.3 Å². The van der Waals surface area contributed by atoms with E-state index in [9.17, 15) is 5.11 Å². The molecule has 0 bridgehead atoms. The van der Waals surface area contributed by atoms with E-state index in [1.54, 1.807) is 13.1 Å². The number of aliphatic hydroxyl groups excluding tert-OH is 1. The van der Waals surface area contributed by atoms with Gasteiger partial charge in [0.05, 0.1) is 6.10 Å². The summed E-state index contributed by atoms with van der Waals surface area (Å²) in [4.78, 5) is 4.11. The maximum atomic E-state index is 9.31. The smallest absolute Gasteiger partial charge is 0.0776 e. The third kappa shape index (κ3) is 1.48. The minimum absolute atomic E-state index is 0.392. The second-order valence-electron chi connectivity index (χ2n) is 3.50. The zero-order valence-corrected chi connectivity index (χ0v) is 7.20. The van der Waals surface area contributed by atoms with Crippen LogP contribution in [0.5, 0.6) is 0 Å². The molecule has 0 aromatic carbocycles. The molecule has 1 atom stereocenters. The molecule has 1 fully saturated rings. The fraction of sp³-hybridized carbons (Fsp3) is 0.500. The highest BCUT2D eigenvalue weighted by Gasteiger charge is 2.24. The second kappa shape index (κ2) is 2.87. The van der Waals surface area contributed by atoms with Gasteiger partial charge in [0.1, 0.15) is 0 Å². The van der Waals surface area contributed by atoms with E-state index in [-0.39, 0.29) is 0 Å². The molecule has 1 unspecified atom stereocenters. The Hall–Kier alpha value is -0.890. The molecule has 64 valence electrons. The van der Waals surface area contributed by atoms with Gasteiger partial charge < -0.3 is 5.11 Å². The molecule has 2 heteroatoms. The predicted octanol–water partition coefficient (Wildman–Crippen LogP) is 2.01. The molecule has 1 saturated carbocycles. The summed E-state index contributed by atoms with van der Waals surface area (Å²) in [6.07, 6.45) is 5.81. The van der Waals surface area contributed by atoms with Crippen molar-refractivity contribution in [1.82, 2.24) is 4.98 Å². The normalized spacial score (nSPS) is 19.2. The van der Waals surface area contributed by atoms with E-state index < -0.39 is 6.10 Å². The molecule has 0 amide bonds. The van der Waals surface area contributed by atoms with Gasteiger partial charge in [-0.15, -0.1) is 0 Å². The van der Waals surface area contributed by atoms with Crippen molar-refractivity contribution in [3.05, 3.63) is 29.6 Å². The Morgan fingerprint density at radius 3 is 2.83 bits per heavy atom. The van der Waals surface area contributed by atoms with E-state index in [0.29, 0.717) is 0 Å². The monoisotopic (exact) mass is 163 g/mol. The van der Waals surface area contributed by atoms with Gasteiger partial charge in [-0.25, -0.2) is 0 Å². The SMILES string of the molecule is CC(O)c1cncc(C2CC2)c1. The molecule has 1 N–H and O–H groups in total. The lowest BCUT2D eigenvalue weighted by molar-refractivity contribution is 0.199. The van der Waals surface area contributed by atoms with Gasteiger partial charge in [0.2, 0.25) is 0 Å². The van der Waals surface area contributed by atoms with E-state index in [0.717, 1.165) is 11.5 Å². The molecule has 2 rings (SSSR count). The first-order chi connectivity index (χ1) is 5.77. The van der Waals surface area contributed by atoms with E-state index in [2.05, 4.69) is 11.1 Å². The van der Waals surface area contributed by atoms with Crippen LogP contribution in [0, 0.1) is 0 Å². The van der Waals surface area contributed by atoms with Gasteiger partial charge in [0, 0.05) is 12.4 Å².